The number of rotatable bonds is 5. The maximum Gasteiger partial charge on any atom is 0.279 e. The van der Waals surface area contributed by atoms with E-state index in [1.165, 1.54) is 34.6 Å². The number of fused-ring (bicyclic) bond motifs is 1. The minimum Gasteiger partial charge on any atom is -0.347 e. The van der Waals surface area contributed by atoms with Gasteiger partial charge in [0.25, 0.3) is 11.8 Å². The van der Waals surface area contributed by atoms with E-state index in [-0.39, 0.29) is 24.8 Å². The standard InChI is InChI=1S/C21H25N3O3S/c25-19(12-15-8-4-3-5-9-15)22-14-20(26)23-24-21(27)18-13-16-10-6-1-2-7-11-17(16)28-18/h3-5,8-9,13H,1-2,6-7,10-12,14H2,(H,22,25)(H,23,26)(H,24,27). The smallest absolute Gasteiger partial charge is 0.279 e. The molecule has 0 aliphatic heterocycles. The molecule has 1 aromatic heterocycles. The van der Waals surface area contributed by atoms with Crippen LogP contribution in [0.2, 0.25) is 0 Å². The summed E-state index contributed by atoms with van der Waals surface area (Å²) in [6, 6.07) is 11.2. The first-order valence-electron chi connectivity index (χ1n) is 9.63. The van der Waals surface area contributed by atoms with E-state index in [1.54, 1.807) is 0 Å². The molecular formula is C21H25N3O3S. The van der Waals surface area contributed by atoms with Crippen LogP contribution in [0.1, 0.15) is 51.4 Å². The molecule has 1 aliphatic carbocycles. The van der Waals surface area contributed by atoms with E-state index in [0.29, 0.717) is 4.88 Å². The second-order valence-electron chi connectivity index (χ2n) is 6.91. The Hall–Kier alpha value is -2.67. The molecule has 3 amide bonds. The average Bonchev–Trinajstić information content (AvgIpc) is 3.07. The molecule has 0 unspecified atom stereocenters. The molecule has 0 fully saturated rings. The van der Waals surface area contributed by atoms with Crippen LogP contribution in [0.3, 0.4) is 0 Å². The van der Waals surface area contributed by atoms with E-state index in [2.05, 4.69) is 16.2 Å². The van der Waals surface area contributed by atoms with Gasteiger partial charge in [-0.3, -0.25) is 25.2 Å². The Labute approximate surface area is 168 Å². The number of hydrogen-bond acceptors (Lipinski definition) is 4. The lowest BCUT2D eigenvalue weighted by atomic mass is 10.00. The summed E-state index contributed by atoms with van der Waals surface area (Å²) in [6.45, 7) is -0.188. The number of aryl methyl sites for hydroxylation is 2. The molecule has 2 aromatic rings. The zero-order valence-electron chi connectivity index (χ0n) is 15.8. The molecule has 1 heterocycles. The van der Waals surface area contributed by atoms with Crippen LogP contribution in [0, 0.1) is 0 Å². The summed E-state index contributed by atoms with van der Waals surface area (Å²) >= 11 is 1.50. The van der Waals surface area contributed by atoms with Crippen LogP contribution >= 0.6 is 11.3 Å². The van der Waals surface area contributed by atoms with Gasteiger partial charge in [-0.1, -0.05) is 43.2 Å². The lowest BCUT2D eigenvalue weighted by Gasteiger charge is -2.08. The minimum absolute atomic E-state index is 0.188. The monoisotopic (exact) mass is 399 g/mol. The van der Waals surface area contributed by atoms with Crippen molar-refractivity contribution in [2.75, 3.05) is 6.54 Å². The zero-order chi connectivity index (χ0) is 19.8. The van der Waals surface area contributed by atoms with Crippen molar-refractivity contribution in [1.29, 1.82) is 0 Å². The Kier molecular flexibility index (Phi) is 7.19. The first kappa shape index (κ1) is 20.1. The van der Waals surface area contributed by atoms with Crippen LogP contribution in [0.4, 0.5) is 0 Å². The van der Waals surface area contributed by atoms with Gasteiger partial charge in [0.1, 0.15) is 0 Å². The number of thiophene rings is 1. The predicted octanol–water partition coefficient (Wildman–Crippen LogP) is 2.53. The molecule has 0 saturated carbocycles. The molecule has 3 rings (SSSR count). The third-order valence-electron chi connectivity index (χ3n) is 4.69. The summed E-state index contributed by atoms with van der Waals surface area (Å²) in [5.41, 5.74) is 6.93. The number of hydrazine groups is 1. The summed E-state index contributed by atoms with van der Waals surface area (Å²) in [5, 5.41) is 2.55. The summed E-state index contributed by atoms with van der Waals surface area (Å²) < 4.78 is 0. The number of nitrogens with one attached hydrogen (secondary N) is 3. The van der Waals surface area contributed by atoms with Crippen LogP contribution in [-0.2, 0) is 28.9 Å². The van der Waals surface area contributed by atoms with Crippen molar-refractivity contribution in [1.82, 2.24) is 16.2 Å². The van der Waals surface area contributed by atoms with Crippen LogP contribution in [0.15, 0.2) is 36.4 Å². The highest BCUT2D eigenvalue weighted by molar-refractivity contribution is 7.14. The van der Waals surface area contributed by atoms with Gasteiger partial charge >= 0.3 is 0 Å². The Balaban J connectivity index is 1.42. The number of carbonyl (C=O) groups excluding carboxylic acids is 3. The molecule has 3 N–H and O–H groups in total. The molecule has 0 atom stereocenters. The van der Waals surface area contributed by atoms with E-state index in [9.17, 15) is 14.4 Å². The highest BCUT2D eigenvalue weighted by Gasteiger charge is 2.16. The number of carbonyl (C=O) groups is 3. The first-order valence-corrected chi connectivity index (χ1v) is 10.4. The van der Waals surface area contributed by atoms with Gasteiger partial charge in [0, 0.05) is 4.88 Å². The SMILES string of the molecule is O=C(Cc1ccccc1)NCC(=O)NNC(=O)c1cc2c(s1)CCCCCC2. The number of amides is 3. The predicted molar refractivity (Wildman–Crippen MR) is 109 cm³/mol. The van der Waals surface area contributed by atoms with Gasteiger partial charge in [-0.25, -0.2) is 0 Å². The van der Waals surface area contributed by atoms with Gasteiger partial charge in [-0.05, 0) is 42.9 Å². The fourth-order valence-corrected chi connectivity index (χ4v) is 4.36. The quantitative estimate of drug-likeness (QED) is 0.675. The molecular weight excluding hydrogens is 374 g/mol. The van der Waals surface area contributed by atoms with Crippen molar-refractivity contribution in [2.45, 2.75) is 44.9 Å². The Morgan fingerprint density at radius 2 is 1.64 bits per heavy atom. The molecule has 0 radical (unpaired) electrons. The van der Waals surface area contributed by atoms with Crippen molar-refractivity contribution >= 4 is 29.1 Å². The van der Waals surface area contributed by atoms with Crippen molar-refractivity contribution in [3.8, 4) is 0 Å². The summed E-state index contributed by atoms with van der Waals surface area (Å²) in [5.74, 6) is -1.03. The van der Waals surface area contributed by atoms with Gasteiger partial charge < -0.3 is 5.32 Å². The largest absolute Gasteiger partial charge is 0.347 e. The lowest BCUT2D eigenvalue weighted by molar-refractivity contribution is -0.126. The molecule has 28 heavy (non-hydrogen) atoms. The fraction of sp³-hybridized carbons (Fsp3) is 0.381. The second-order valence-corrected chi connectivity index (χ2v) is 8.05. The summed E-state index contributed by atoms with van der Waals surface area (Å²) in [6.07, 6.45) is 7.04. The lowest BCUT2D eigenvalue weighted by Crippen LogP contribution is -2.46. The first-order chi connectivity index (χ1) is 13.6. The molecule has 1 aliphatic rings. The van der Waals surface area contributed by atoms with Crippen LogP contribution in [0.25, 0.3) is 0 Å². The van der Waals surface area contributed by atoms with Gasteiger partial charge in [0.05, 0.1) is 17.8 Å². The van der Waals surface area contributed by atoms with Gasteiger partial charge in [0.2, 0.25) is 5.91 Å². The number of benzene rings is 1. The Bertz CT molecular complexity index is 807. The minimum atomic E-state index is -0.468. The van der Waals surface area contributed by atoms with Crippen LogP contribution in [0.5, 0.6) is 0 Å². The van der Waals surface area contributed by atoms with Crippen LogP contribution in [-0.4, -0.2) is 24.3 Å². The molecule has 0 saturated heterocycles. The van der Waals surface area contributed by atoms with Crippen molar-refractivity contribution in [3.63, 3.8) is 0 Å². The van der Waals surface area contributed by atoms with Gasteiger partial charge in [-0.2, -0.15) is 0 Å². The van der Waals surface area contributed by atoms with E-state index in [1.807, 2.05) is 36.4 Å². The second kappa shape index (κ2) is 10.0. The number of hydrogen-bond donors (Lipinski definition) is 3. The van der Waals surface area contributed by atoms with Crippen molar-refractivity contribution < 1.29 is 14.4 Å². The summed E-state index contributed by atoms with van der Waals surface area (Å²) in [4.78, 5) is 38.0. The third kappa shape index (κ3) is 5.92. The van der Waals surface area contributed by atoms with E-state index in [4.69, 9.17) is 0 Å². The molecule has 7 heteroatoms. The highest BCUT2D eigenvalue weighted by Crippen LogP contribution is 2.28. The topological polar surface area (TPSA) is 87.3 Å². The average molecular weight is 400 g/mol. The maximum atomic E-state index is 12.3. The Morgan fingerprint density at radius 3 is 2.43 bits per heavy atom. The maximum absolute atomic E-state index is 12.3. The molecule has 0 spiro atoms. The fourth-order valence-electron chi connectivity index (χ4n) is 3.21. The van der Waals surface area contributed by atoms with E-state index in [0.717, 1.165) is 31.2 Å². The van der Waals surface area contributed by atoms with E-state index < -0.39 is 5.91 Å². The van der Waals surface area contributed by atoms with E-state index >= 15 is 0 Å². The normalized spacial score (nSPS) is 13.6. The third-order valence-corrected chi connectivity index (χ3v) is 5.93. The van der Waals surface area contributed by atoms with Gasteiger partial charge in [0.15, 0.2) is 0 Å². The highest BCUT2D eigenvalue weighted by atomic mass is 32.1. The molecule has 0 bridgehead atoms. The van der Waals surface area contributed by atoms with Crippen molar-refractivity contribution in [2.24, 2.45) is 0 Å². The van der Waals surface area contributed by atoms with Crippen molar-refractivity contribution in [3.05, 3.63) is 57.3 Å². The molecule has 148 valence electrons. The zero-order valence-corrected chi connectivity index (χ0v) is 16.6. The summed E-state index contributed by atoms with van der Waals surface area (Å²) in [7, 11) is 0. The van der Waals surface area contributed by atoms with Gasteiger partial charge in [-0.15, -0.1) is 11.3 Å². The molecule has 6 nitrogen and oxygen atoms in total. The molecule has 1 aromatic carbocycles. The Morgan fingerprint density at radius 1 is 0.893 bits per heavy atom. The van der Waals surface area contributed by atoms with Crippen LogP contribution < -0.4 is 16.2 Å².